The number of pyridine rings is 1. The monoisotopic (exact) mass is 259 g/mol. The van der Waals surface area contributed by atoms with E-state index in [4.69, 9.17) is 0 Å². The van der Waals surface area contributed by atoms with Crippen LogP contribution in [0.5, 0.6) is 0 Å². The first-order valence-electron chi connectivity index (χ1n) is 7.73. The van der Waals surface area contributed by atoms with Crippen molar-refractivity contribution in [2.45, 2.75) is 45.1 Å². The lowest BCUT2D eigenvalue weighted by Gasteiger charge is -2.44. The molecule has 2 saturated heterocycles. The van der Waals surface area contributed by atoms with Crippen molar-refractivity contribution in [2.24, 2.45) is 5.92 Å². The zero-order valence-electron chi connectivity index (χ0n) is 11.9. The van der Waals surface area contributed by atoms with E-state index in [-0.39, 0.29) is 0 Å². The molecule has 3 nitrogen and oxygen atoms in total. The lowest BCUT2D eigenvalue weighted by molar-refractivity contribution is 0.0649. The molecule has 1 aromatic heterocycles. The number of nitrogens with one attached hydrogen (secondary N) is 1. The van der Waals surface area contributed by atoms with Gasteiger partial charge in [0.25, 0.3) is 0 Å². The summed E-state index contributed by atoms with van der Waals surface area (Å²) in [5, 5.41) is 3.54. The minimum Gasteiger partial charge on any atom is -0.370 e. The first kappa shape index (κ1) is 12.9. The summed E-state index contributed by atoms with van der Waals surface area (Å²) in [7, 11) is 0. The second-order valence-corrected chi connectivity index (χ2v) is 6.10. The Morgan fingerprint density at radius 3 is 2.95 bits per heavy atom. The number of rotatable bonds is 3. The van der Waals surface area contributed by atoms with Gasteiger partial charge in [0.1, 0.15) is 5.82 Å². The molecule has 0 spiro atoms. The average molecular weight is 259 g/mol. The van der Waals surface area contributed by atoms with Crippen LogP contribution in [0, 0.1) is 12.8 Å². The van der Waals surface area contributed by atoms with Gasteiger partial charge in [0.15, 0.2) is 0 Å². The van der Waals surface area contributed by atoms with Gasteiger partial charge in [-0.15, -0.1) is 0 Å². The highest BCUT2D eigenvalue weighted by Gasteiger charge is 2.32. The Hall–Kier alpha value is -1.09. The molecule has 0 bridgehead atoms. The third-order valence-electron chi connectivity index (χ3n) is 4.69. The number of nitrogens with zero attached hydrogens (tertiary/aromatic N) is 2. The number of piperidine rings is 2. The highest BCUT2D eigenvalue weighted by molar-refractivity contribution is 5.35. The predicted molar refractivity (Wildman–Crippen MR) is 79.4 cm³/mol. The first-order valence-corrected chi connectivity index (χ1v) is 7.73. The van der Waals surface area contributed by atoms with Crippen molar-refractivity contribution in [1.29, 1.82) is 0 Å². The highest BCUT2D eigenvalue weighted by Crippen LogP contribution is 2.30. The molecule has 3 heterocycles. The van der Waals surface area contributed by atoms with Crippen LogP contribution >= 0.6 is 0 Å². The van der Waals surface area contributed by atoms with E-state index in [2.05, 4.69) is 34.3 Å². The molecule has 2 atom stereocenters. The van der Waals surface area contributed by atoms with Gasteiger partial charge in [-0.3, -0.25) is 0 Å². The van der Waals surface area contributed by atoms with E-state index in [0.29, 0.717) is 0 Å². The fourth-order valence-corrected chi connectivity index (χ4v) is 3.62. The maximum atomic E-state index is 4.44. The summed E-state index contributed by atoms with van der Waals surface area (Å²) in [6.07, 6.45) is 8.89. The first-order chi connectivity index (χ1) is 9.33. The van der Waals surface area contributed by atoms with E-state index >= 15 is 0 Å². The van der Waals surface area contributed by atoms with Gasteiger partial charge in [0.2, 0.25) is 0 Å². The summed E-state index contributed by atoms with van der Waals surface area (Å²) in [4.78, 5) is 7.17. The standard InChI is InChI=1S/C16H25N3/c1-13-7-8-16(17-11-13)18-12-14-5-4-10-19-9-3-2-6-15(14)19/h7-8,11,14-15H,2-6,9-10,12H2,1H3,(H,17,18). The van der Waals surface area contributed by atoms with E-state index in [9.17, 15) is 0 Å². The third-order valence-corrected chi connectivity index (χ3v) is 4.69. The van der Waals surface area contributed by atoms with Crippen LogP contribution in [-0.4, -0.2) is 35.6 Å². The number of hydrogen-bond donors (Lipinski definition) is 1. The molecule has 0 amide bonds. The molecule has 2 unspecified atom stereocenters. The molecule has 3 heteroatoms. The van der Waals surface area contributed by atoms with E-state index in [0.717, 1.165) is 24.3 Å². The van der Waals surface area contributed by atoms with Gasteiger partial charge < -0.3 is 10.2 Å². The largest absolute Gasteiger partial charge is 0.370 e. The van der Waals surface area contributed by atoms with Gasteiger partial charge in [-0.1, -0.05) is 12.5 Å². The summed E-state index contributed by atoms with van der Waals surface area (Å²) < 4.78 is 0. The van der Waals surface area contributed by atoms with Crippen molar-refractivity contribution in [1.82, 2.24) is 9.88 Å². The quantitative estimate of drug-likeness (QED) is 0.904. The van der Waals surface area contributed by atoms with Crippen LogP contribution in [-0.2, 0) is 0 Å². The molecule has 1 N–H and O–H groups in total. The molecule has 2 aliphatic rings. The molecule has 19 heavy (non-hydrogen) atoms. The van der Waals surface area contributed by atoms with Gasteiger partial charge in [0.05, 0.1) is 0 Å². The minimum atomic E-state index is 0.803. The lowest BCUT2D eigenvalue weighted by Crippen LogP contribution is -2.49. The molecule has 1 aromatic rings. The van der Waals surface area contributed by atoms with E-state index in [1.54, 1.807) is 0 Å². The van der Waals surface area contributed by atoms with Crippen molar-refractivity contribution in [3.05, 3.63) is 23.9 Å². The molecular weight excluding hydrogens is 234 g/mol. The molecule has 0 saturated carbocycles. The number of hydrogen-bond acceptors (Lipinski definition) is 3. The summed E-state index contributed by atoms with van der Waals surface area (Å²) in [5.74, 6) is 1.83. The van der Waals surface area contributed by atoms with Crippen molar-refractivity contribution >= 4 is 5.82 Å². The lowest BCUT2D eigenvalue weighted by atomic mass is 9.83. The average Bonchev–Trinajstić information content (AvgIpc) is 2.47. The molecule has 3 rings (SSSR count). The fourth-order valence-electron chi connectivity index (χ4n) is 3.62. The Morgan fingerprint density at radius 1 is 1.21 bits per heavy atom. The van der Waals surface area contributed by atoms with Crippen molar-refractivity contribution in [3.8, 4) is 0 Å². The van der Waals surface area contributed by atoms with E-state index < -0.39 is 0 Å². The predicted octanol–water partition coefficient (Wildman–Crippen LogP) is 3.07. The Kier molecular flexibility index (Phi) is 4.02. The maximum absolute atomic E-state index is 4.44. The second-order valence-electron chi connectivity index (χ2n) is 6.10. The van der Waals surface area contributed by atoms with Crippen LogP contribution in [0.3, 0.4) is 0 Å². The Morgan fingerprint density at radius 2 is 2.11 bits per heavy atom. The summed E-state index contributed by atoms with van der Waals surface area (Å²) in [6.45, 7) is 5.81. The number of aromatic nitrogens is 1. The number of anilines is 1. The molecular formula is C16H25N3. The third kappa shape index (κ3) is 3.08. The maximum Gasteiger partial charge on any atom is 0.125 e. The molecule has 0 aliphatic carbocycles. The van der Waals surface area contributed by atoms with Crippen LogP contribution in [0.25, 0.3) is 0 Å². The molecule has 0 aromatic carbocycles. The van der Waals surface area contributed by atoms with Gasteiger partial charge >= 0.3 is 0 Å². The van der Waals surface area contributed by atoms with Crippen molar-refractivity contribution in [3.63, 3.8) is 0 Å². The normalized spacial score (nSPS) is 27.8. The van der Waals surface area contributed by atoms with Gasteiger partial charge in [-0.25, -0.2) is 4.98 Å². The summed E-state index contributed by atoms with van der Waals surface area (Å²) in [6, 6.07) is 5.04. The molecule has 2 aliphatic heterocycles. The zero-order chi connectivity index (χ0) is 13.1. The minimum absolute atomic E-state index is 0.803. The van der Waals surface area contributed by atoms with Crippen LogP contribution in [0.1, 0.15) is 37.7 Å². The number of fused-ring (bicyclic) bond motifs is 1. The van der Waals surface area contributed by atoms with Crippen LogP contribution in [0.2, 0.25) is 0 Å². The molecule has 0 radical (unpaired) electrons. The van der Waals surface area contributed by atoms with Gasteiger partial charge in [-0.2, -0.15) is 0 Å². The van der Waals surface area contributed by atoms with Crippen LogP contribution in [0.15, 0.2) is 18.3 Å². The molecule has 2 fully saturated rings. The molecule has 104 valence electrons. The Bertz CT molecular complexity index is 399. The SMILES string of the molecule is Cc1ccc(NCC2CCCN3CCCCC23)nc1. The topological polar surface area (TPSA) is 28.2 Å². The van der Waals surface area contributed by atoms with Crippen molar-refractivity contribution < 1.29 is 0 Å². The summed E-state index contributed by atoms with van der Waals surface area (Å²) >= 11 is 0. The summed E-state index contributed by atoms with van der Waals surface area (Å²) in [5.41, 5.74) is 1.22. The fraction of sp³-hybridized carbons (Fsp3) is 0.688. The van der Waals surface area contributed by atoms with Crippen LogP contribution < -0.4 is 5.32 Å². The Labute approximate surface area is 116 Å². The smallest absolute Gasteiger partial charge is 0.125 e. The number of aryl methyl sites for hydroxylation is 1. The zero-order valence-corrected chi connectivity index (χ0v) is 11.9. The van der Waals surface area contributed by atoms with Crippen molar-refractivity contribution in [2.75, 3.05) is 25.0 Å². The second kappa shape index (κ2) is 5.91. The highest BCUT2D eigenvalue weighted by atomic mass is 15.2. The van der Waals surface area contributed by atoms with Crippen LogP contribution in [0.4, 0.5) is 5.82 Å². The van der Waals surface area contributed by atoms with E-state index in [1.807, 2.05) is 6.20 Å². The van der Waals surface area contributed by atoms with Gasteiger partial charge in [-0.05, 0) is 63.2 Å². The Balaban J connectivity index is 1.57. The van der Waals surface area contributed by atoms with E-state index in [1.165, 1.54) is 50.8 Å². The van der Waals surface area contributed by atoms with Gasteiger partial charge in [0, 0.05) is 18.8 Å².